The third kappa shape index (κ3) is 4.99. The van der Waals surface area contributed by atoms with Gasteiger partial charge in [-0.05, 0) is 62.6 Å². The van der Waals surface area contributed by atoms with Crippen molar-refractivity contribution in [1.82, 2.24) is 9.62 Å². The highest BCUT2D eigenvalue weighted by Gasteiger charge is 2.40. The van der Waals surface area contributed by atoms with Gasteiger partial charge in [0.2, 0.25) is 10.0 Å². The second kappa shape index (κ2) is 10.3. The van der Waals surface area contributed by atoms with Gasteiger partial charge in [-0.1, -0.05) is 32.0 Å². The SMILES string of the molecule is CCC1(CC)CC(NS(=O)(=O)c2ccc(SC)c(C(=O)N3CCCCC3)c2)c2ccccc2O1. The maximum Gasteiger partial charge on any atom is 0.255 e. The van der Waals surface area contributed by atoms with E-state index in [1.165, 1.54) is 11.8 Å². The molecule has 1 N–H and O–H groups in total. The van der Waals surface area contributed by atoms with E-state index in [2.05, 4.69) is 18.6 Å². The van der Waals surface area contributed by atoms with Crippen molar-refractivity contribution in [3.8, 4) is 5.75 Å². The fraction of sp³-hybridized carbons (Fsp3) is 0.500. The first-order valence-corrected chi connectivity index (χ1v) is 14.8. The van der Waals surface area contributed by atoms with Crippen molar-refractivity contribution >= 4 is 27.7 Å². The lowest BCUT2D eigenvalue weighted by atomic mass is 9.84. The van der Waals surface area contributed by atoms with Gasteiger partial charge in [-0.15, -0.1) is 11.8 Å². The first-order valence-electron chi connectivity index (χ1n) is 12.1. The molecular weight excluding hydrogens is 468 g/mol. The van der Waals surface area contributed by atoms with E-state index in [0.717, 1.165) is 61.4 Å². The van der Waals surface area contributed by atoms with Crippen LogP contribution >= 0.6 is 11.8 Å². The number of nitrogens with zero attached hydrogens (tertiary/aromatic N) is 1. The van der Waals surface area contributed by atoms with E-state index in [1.807, 2.05) is 35.4 Å². The number of hydrogen-bond donors (Lipinski definition) is 1. The van der Waals surface area contributed by atoms with E-state index in [1.54, 1.807) is 18.2 Å². The van der Waals surface area contributed by atoms with Gasteiger partial charge in [-0.3, -0.25) is 4.79 Å². The lowest BCUT2D eigenvalue weighted by molar-refractivity contribution is 0.0260. The van der Waals surface area contributed by atoms with E-state index in [4.69, 9.17) is 4.74 Å². The summed E-state index contributed by atoms with van der Waals surface area (Å²) in [5.41, 5.74) is 0.884. The monoisotopic (exact) mass is 502 g/mol. The maximum absolute atomic E-state index is 13.6. The molecule has 0 spiro atoms. The van der Waals surface area contributed by atoms with Crippen molar-refractivity contribution in [3.63, 3.8) is 0 Å². The van der Waals surface area contributed by atoms with Gasteiger partial charge in [-0.25, -0.2) is 13.1 Å². The normalized spacial score (nSPS) is 19.9. The van der Waals surface area contributed by atoms with Crippen LogP contribution in [-0.2, 0) is 10.0 Å². The third-order valence-electron chi connectivity index (χ3n) is 7.14. The molecule has 1 fully saturated rings. The quantitative estimate of drug-likeness (QED) is 0.514. The first kappa shape index (κ1) is 25.1. The molecule has 184 valence electrons. The number of para-hydroxylation sites is 1. The van der Waals surface area contributed by atoms with E-state index in [9.17, 15) is 13.2 Å². The molecule has 2 aliphatic rings. The van der Waals surface area contributed by atoms with Crippen LogP contribution in [0.4, 0.5) is 0 Å². The van der Waals surface area contributed by atoms with Crippen molar-refractivity contribution in [3.05, 3.63) is 53.6 Å². The number of nitrogens with one attached hydrogen (secondary N) is 1. The second-order valence-corrected chi connectivity index (χ2v) is 11.7. The van der Waals surface area contributed by atoms with Crippen molar-refractivity contribution in [2.75, 3.05) is 19.3 Å². The number of piperidine rings is 1. The molecule has 1 unspecified atom stereocenters. The number of carbonyl (C=O) groups is 1. The van der Waals surface area contributed by atoms with Gasteiger partial charge < -0.3 is 9.64 Å². The number of hydrogen-bond acceptors (Lipinski definition) is 5. The standard InChI is InChI=1S/C26H34N2O4S2/c1-4-26(5-2)18-22(20-11-7-8-12-23(20)32-26)27-34(30,31)19-13-14-24(33-3)21(17-19)25(29)28-15-9-6-10-16-28/h7-8,11-14,17,22,27H,4-6,9-10,15-16,18H2,1-3H3. The molecule has 2 aromatic rings. The molecule has 1 saturated heterocycles. The van der Waals surface area contributed by atoms with Gasteiger partial charge in [0.05, 0.1) is 16.5 Å². The average Bonchev–Trinajstić information content (AvgIpc) is 2.88. The number of likely N-dealkylation sites (tertiary alicyclic amines) is 1. The van der Waals surface area contributed by atoms with Gasteiger partial charge in [-0.2, -0.15) is 0 Å². The Balaban J connectivity index is 1.66. The van der Waals surface area contributed by atoms with Gasteiger partial charge in [0.15, 0.2) is 0 Å². The van der Waals surface area contributed by atoms with Crippen molar-refractivity contribution < 1.29 is 17.9 Å². The van der Waals surface area contributed by atoms with Crippen molar-refractivity contribution in [1.29, 1.82) is 0 Å². The molecule has 6 nitrogen and oxygen atoms in total. The van der Waals surface area contributed by atoms with Crippen LogP contribution in [-0.4, -0.2) is 44.2 Å². The minimum absolute atomic E-state index is 0.0894. The summed E-state index contributed by atoms with van der Waals surface area (Å²) >= 11 is 1.46. The third-order valence-corrected chi connectivity index (χ3v) is 9.40. The summed E-state index contributed by atoms with van der Waals surface area (Å²) in [5, 5.41) is 0. The summed E-state index contributed by atoms with van der Waals surface area (Å²) in [5.74, 6) is 0.636. The molecular formula is C26H34N2O4S2. The Kier molecular flexibility index (Phi) is 7.60. The fourth-order valence-electron chi connectivity index (χ4n) is 4.95. The largest absolute Gasteiger partial charge is 0.487 e. The number of benzene rings is 2. The van der Waals surface area contributed by atoms with Crippen LogP contribution < -0.4 is 9.46 Å². The van der Waals surface area contributed by atoms with Crippen molar-refractivity contribution in [2.45, 2.75) is 73.8 Å². The Labute approximate surface area is 207 Å². The summed E-state index contributed by atoms with van der Waals surface area (Å²) in [4.78, 5) is 16.0. The van der Waals surface area contributed by atoms with Gasteiger partial charge in [0.1, 0.15) is 11.4 Å². The second-order valence-electron chi connectivity index (χ2n) is 9.12. The smallest absolute Gasteiger partial charge is 0.255 e. The zero-order valence-electron chi connectivity index (χ0n) is 20.2. The summed E-state index contributed by atoms with van der Waals surface area (Å²) in [6.07, 6.45) is 7.13. The molecule has 0 aromatic heterocycles. The highest BCUT2D eigenvalue weighted by molar-refractivity contribution is 7.98. The van der Waals surface area contributed by atoms with Crippen LogP contribution in [0, 0.1) is 0 Å². The zero-order chi connectivity index (χ0) is 24.3. The van der Waals surface area contributed by atoms with Crippen LogP contribution in [0.5, 0.6) is 5.75 Å². The Hall–Kier alpha value is -2.03. The highest BCUT2D eigenvalue weighted by atomic mass is 32.2. The van der Waals surface area contributed by atoms with Crippen LogP contribution in [0.3, 0.4) is 0 Å². The highest BCUT2D eigenvalue weighted by Crippen LogP contribution is 2.43. The summed E-state index contributed by atoms with van der Waals surface area (Å²) in [6.45, 7) is 5.58. The number of rotatable bonds is 7. The van der Waals surface area contributed by atoms with Crippen LogP contribution in [0.1, 0.15) is 74.3 Å². The molecule has 4 rings (SSSR count). The Morgan fingerprint density at radius 2 is 1.82 bits per heavy atom. The van der Waals surface area contributed by atoms with Crippen LogP contribution in [0.25, 0.3) is 0 Å². The molecule has 0 bridgehead atoms. The predicted molar refractivity (Wildman–Crippen MR) is 136 cm³/mol. The molecule has 2 aliphatic heterocycles. The molecule has 0 aliphatic carbocycles. The summed E-state index contributed by atoms with van der Waals surface area (Å²) in [6, 6.07) is 12.1. The summed E-state index contributed by atoms with van der Waals surface area (Å²) in [7, 11) is -3.87. The summed E-state index contributed by atoms with van der Waals surface area (Å²) < 4.78 is 36.4. The molecule has 2 aromatic carbocycles. The number of sulfonamides is 1. The molecule has 0 saturated carbocycles. The zero-order valence-corrected chi connectivity index (χ0v) is 21.8. The number of ether oxygens (including phenoxy) is 1. The Morgan fingerprint density at radius 1 is 1.12 bits per heavy atom. The Bertz CT molecular complexity index is 1140. The van der Waals surface area contributed by atoms with Gasteiger partial charge in [0.25, 0.3) is 5.91 Å². The number of carbonyl (C=O) groups excluding carboxylic acids is 1. The minimum Gasteiger partial charge on any atom is -0.487 e. The molecule has 34 heavy (non-hydrogen) atoms. The van der Waals surface area contributed by atoms with E-state index < -0.39 is 21.7 Å². The molecule has 0 radical (unpaired) electrons. The minimum atomic E-state index is -3.87. The molecule has 8 heteroatoms. The lowest BCUT2D eigenvalue weighted by Crippen LogP contribution is -2.44. The van der Waals surface area contributed by atoms with Crippen LogP contribution in [0.2, 0.25) is 0 Å². The van der Waals surface area contributed by atoms with Crippen LogP contribution in [0.15, 0.2) is 52.3 Å². The lowest BCUT2D eigenvalue weighted by Gasteiger charge is -2.41. The number of fused-ring (bicyclic) bond motifs is 1. The number of thioether (sulfide) groups is 1. The Morgan fingerprint density at radius 3 is 2.50 bits per heavy atom. The topological polar surface area (TPSA) is 75.7 Å². The van der Waals surface area contributed by atoms with Gasteiger partial charge in [0, 0.05) is 30.0 Å². The van der Waals surface area contributed by atoms with E-state index >= 15 is 0 Å². The average molecular weight is 503 g/mol. The fourth-order valence-corrected chi connectivity index (χ4v) is 6.76. The van der Waals surface area contributed by atoms with Crippen molar-refractivity contribution in [2.24, 2.45) is 0 Å². The predicted octanol–water partition coefficient (Wildman–Crippen LogP) is 5.40. The molecule has 2 heterocycles. The van der Waals surface area contributed by atoms with E-state index in [-0.39, 0.29) is 10.8 Å². The van der Waals surface area contributed by atoms with Gasteiger partial charge >= 0.3 is 0 Å². The molecule has 1 atom stereocenters. The maximum atomic E-state index is 13.6. The van der Waals surface area contributed by atoms with E-state index in [0.29, 0.717) is 12.0 Å². The number of amides is 1. The molecule has 1 amide bonds. The first-order chi connectivity index (χ1) is 16.3.